The molecule has 0 bridgehead atoms. The highest BCUT2D eigenvalue weighted by atomic mass is 32.1. The van der Waals surface area contributed by atoms with Gasteiger partial charge in [-0.1, -0.05) is 6.07 Å². The van der Waals surface area contributed by atoms with Crippen molar-refractivity contribution in [1.29, 1.82) is 0 Å². The first-order valence-corrected chi connectivity index (χ1v) is 5.46. The molecular formula is C11H12FN3OS. The van der Waals surface area contributed by atoms with E-state index < -0.39 is 17.3 Å². The lowest BCUT2D eigenvalue weighted by Crippen LogP contribution is -2.41. The number of nitrogens with two attached hydrogens (primary N) is 1. The molecule has 1 aromatic carbocycles. The summed E-state index contributed by atoms with van der Waals surface area (Å²) in [5.74, 6) is -0.939. The summed E-state index contributed by atoms with van der Waals surface area (Å²) in [6, 6.07) is 4.58. The van der Waals surface area contributed by atoms with E-state index in [4.69, 9.17) is 18.0 Å². The first kappa shape index (κ1) is 11.8. The zero-order chi connectivity index (χ0) is 12.8. The topological polar surface area (TPSA) is 63.8 Å². The number of aromatic amines is 1. The molecule has 2 rings (SSSR count). The van der Waals surface area contributed by atoms with Crippen molar-refractivity contribution < 1.29 is 9.18 Å². The molecule has 1 amide bonds. The molecular weight excluding hydrogens is 241 g/mol. The quantitative estimate of drug-likeness (QED) is 0.805. The summed E-state index contributed by atoms with van der Waals surface area (Å²) in [6.45, 7) is 3.28. The molecule has 0 saturated carbocycles. The number of nitrogens with one attached hydrogen (secondary N) is 1. The summed E-state index contributed by atoms with van der Waals surface area (Å²) < 4.78 is 15.4. The van der Waals surface area contributed by atoms with E-state index in [-0.39, 0.29) is 10.3 Å². The minimum absolute atomic E-state index is 0.272. The summed E-state index contributed by atoms with van der Waals surface area (Å²) in [7, 11) is 0. The molecule has 1 aromatic heterocycles. The minimum atomic E-state index is -1.01. The number of nitrogens with zero attached hydrogens (tertiary/aromatic N) is 1. The van der Waals surface area contributed by atoms with Crippen molar-refractivity contribution in [1.82, 2.24) is 9.55 Å². The highest BCUT2D eigenvalue weighted by Crippen LogP contribution is 2.24. The number of aromatic nitrogens is 2. The Labute approximate surface area is 102 Å². The molecule has 0 atom stereocenters. The van der Waals surface area contributed by atoms with Gasteiger partial charge in [-0.2, -0.15) is 0 Å². The molecule has 0 aliphatic rings. The summed E-state index contributed by atoms with van der Waals surface area (Å²) in [6.07, 6.45) is 0. The lowest BCUT2D eigenvalue weighted by atomic mass is 10.0. The zero-order valence-corrected chi connectivity index (χ0v) is 10.3. The van der Waals surface area contributed by atoms with Crippen molar-refractivity contribution in [3.05, 3.63) is 28.8 Å². The second-order valence-electron chi connectivity index (χ2n) is 4.32. The van der Waals surface area contributed by atoms with Crippen molar-refractivity contribution in [2.24, 2.45) is 5.73 Å². The van der Waals surface area contributed by atoms with Gasteiger partial charge >= 0.3 is 0 Å². The number of amides is 1. The molecule has 0 unspecified atom stereocenters. The molecule has 0 aliphatic heterocycles. The van der Waals surface area contributed by atoms with Crippen LogP contribution in [0.5, 0.6) is 0 Å². The lowest BCUT2D eigenvalue weighted by molar-refractivity contribution is -0.124. The van der Waals surface area contributed by atoms with Gasteiger partial charge in [0.25, 0.3) is 0 Å². The van der Waals surface area contributed by atoms with Crippen LogP contribution in [0.15, 0.2) is 18.2 Å². The average Bonchev–Trinajstić information content (AvgIpc) is 2.56. The molecule has 1 heterocycles. The van der Waals surface area contributed by atoms with Gasteiger partial charge in [-0.25, -0.2) is 4.39 Å². The summed E-state index contributed by atoms with van der Waals surface area (Å²) >= 11 is 5.11. The van der Waals surface area contributed by atoms with Crippen LogP contribution >= 0.6 is 12.2 Å². The SMILES string of the molecule is CC(C)(C(N)=O)n1c(=S)[nH]c2c(F)cccc21. The maximum atomic E-state index is 13.6. The highest BCUT2D eigenvalue weighted by molar-refractivity contribution is 7.71. The van der Waals surface area contributed by atoms with E-state index in [1.807, 2.05) is 0 Å². The van der Waals surface area contributed by atoms with Gasteiger partial charge in [-0.15, -0.1) is 0 Å². The van der Waals surface area contributed by atoms with Crippen LogP contribution < -0.4 is 5.73 Å². The third-order valence-corrected chi connectivity index (χ3v) is 3.11. The van der Waals surface area contributed by atoms with E-state index in [1.165, 1.54) is 10.6 Å². The average molecular weight is 253 g/mol. The van der Waals surface area contributed by atoms with Crippen LogP contribution in [-0.2, 0) is 10.3 Å². The van der Waals surface area contributed by atoms with E-state index in [0.29, 0.717) is 5.52 Å². The number of halogens is 1. The second-order valence-corrected chi connectivity index (χ2v) is 4.71. The number of para-hydroxylation sites is 1. The fourth-order valence-corrected chi connectivity index (χ4v) is 2.19. The molecule has 2 aromatic rings. The van der Waals surface area contributed by atoms with Crippen molar-refractivity contribution in [3.63, 3.8) is 0 Å². The Morgan fingerprint density at radius 2 is 2.18 bits per heavy atom. The highest BCUT2D eigenvalue weighted by Gasteiger charge is 2.30. The first-order chi connectivity index (χ1) is 7.85. The van der Waals surface area contributed by atoms with Crippen LogP contribution in [0, 0.1) is 10.6 Å². The maximum Gasteiger partial charge on any atom is 0.243 e. The van der Waals surface area contributed by atoms with Crippen molar-refractivity contribution >= 4 is 29.2 Å². The van der Waals surface area contributed by atoms with E-state index in [1.54, 1.807) is 26.0 Å². The number of fused-ring (bicyclic) bond motifs is 1. The predicted molar refractivity (Wildman–Crippen MR) is 65.6 cm³/mol. The van der Waals surface area contributed by atoms with Crippen LogP contribution in [0.1, 0.15) is 13.8 Å². The minimum Gasteiger partial charge on any atom is -0.368 e. The summed E-state index contributed by atoms with van der Waals surface area (Å²) in [4.78, 5) is 14.2. The largest absolute Gasteiger partial charge is 0.368 e. The van der Waals surface area contributed by atoms with Gasteiger partial charge in [0.15, 0.2) is 4.77 Å². The van der Waals surface area contributed by atoms with Crippen LogP contribution in [0.4, 0.5) is 4.39 Å². The van der Waals surface area contributed by atoms with Gasteiger partial charge in [-0.05, 0) is 38.2 Å². The predicted octanol–water partition coefficient (Wildman–Crippen LogP) is 2.06. The molecule has 3 N–H and O–H groups in total. The van der Waals surface area contributed by atoms with Crippen LogP contribution in [-0.4, -0.2) is 15.5 Å². The molecule has 0 fully saturated rings. The lowest BCUT2D eigenvalue weighted by Gasteiger charge is -2.23. The number of primary amides is 1. The molecule has 6 heteroatoms. The molecule has 0 saturated heterocycles. The molecule has 0 aliphatic carbocycles. The Morgan fingerprint density at radius 3 is 2.76 bits per heavy atom. The Bertz CT molecular complexity index is 656. The third kappa shape index (κ3) is 1.64. The molecule has 0 spiro atoms. The van der Waals surface area contributed by atoms with Gasteiger partial charge in [0.1, 0.15) is 16.9 Å². The van der Waals surface area contributed by atoms with Crippen LogP contribution in [0.2, 0.25) is 0 Å². The zero-order valence-electron chi connectivity index (χ0n) is 9.45. The van der Waals surface area contributed by atoms with Gasteiger partial charge < -0.3 is 15.3 Å². The number of H-pyrrole nitrogens is 1. The fourth-order valence-electron chi connectivity index (χ4n) is 1.76. The third-order valence-electron chi connectivity index (χ3n) is 2.83. The van der Waals surface area contributed by atoms with Crippen molar-refractivity contribution in [2.75, 3.05) is 0 Å². The maximum absolute atomic E-state index is 13.6. The molecule has 0 radical (unpaired) electrons. The number of hydrogen-bond donors (Lipinski definition) is 2. The number of carbonyl (C=O) groups is 1. The van der Waals surface area contributed by atoms with Crippen LogP contribution in [0.25, 0.3) is 11.0 Å². The smallest absolute Gasteiger partial charge is 0.243 e. The Hall–Kier alpha value is -1.69. The number of benzene rings is 1. The van der Waals surface area contributed by atoms with Crippen LogP contribution in [0.3, 0.4) is 0 Å². The number of hydrogen-bond acceptors (Lipinski definition) is 2. The Balaban J connectivity index is 2.88. The second kappa shape index (κ2) is 3.66. The number of imidazole rings is 1. The van der Waals surface area contributed by atoms with E-state index in [2.05, 4.69) is 4.98 Å². The van der Waals surface area contributed by atoms with Gasteiger partial charge in [-0.3, -0.25) is 4.79 Å². The normalized spacial score (nSPS) is 11.9. The summed E-state index contributed by atoms with van der Waals surface area (Å²) in [5.41, 5.74) is 5.15. The summed E-state index contributed by atoms with van der Waals surface area (Å²) in [5, 5.41) is 0. The van der Waals surface area contributed by atoms with E-state index in [9.17, 15) is 9.18 Å². The molecule has 4 nitrogen and oxygen atoms in total. The Kier molecular flexibility index (Phi) is 2.54. The first-order valence-electron chi connectivity index (χ1n) is 5.05. The number of carbonyl (C=O) groups excluding carboxylic acids is 1. The van der Waals surface area contributed by atoms with Crippen molar-refractivity contribution in [2.45, 2.75) is 19.4 Å². The standard InChI is InChI=1S/C11H12FN3OS/c1-11(2,9(13)16)15-7-5-3-4-6(12)8(7)14-10(15)17/h3-5H,1-2H3,(H2,13,16)(H,14,17). The monoisotopic (exact) mass is 253 g/mol. The molecule has 90 valence electrons. The van der Waals surface area contributed by atoms with E-state index in [0.717, 1.165) is 0 Å². The fraction of sp³-hybridized carbons (Fsp3) is 0.273. The van der Waals surface area contributed by atoms with Gasteiger partial charge in [0, 0.05) is 0 Å². The van der Waals surface area contributed by atoms with Gasteiger partial charge in [0.2, 0.25) is 5.91 Å². The Morgan fingerprint density at radius 1 is 1.53 bits per heavy atom. The van der Waals surface area contributed by atoms with Crippen molar-refractivity contribution in [3.8, 4) is 0 Å². The van der Waals surface area contributed by atoms with Gasteiger partial charge in [0.05, 0.1) is 5.52 Å². The number of rotatable bonds is 2. The van der Waals surface area contributed by atoms with E-state index >= 15 is 0 Å². The molecule has 17 heavy (non-hydrogen) atoms.